The molecule has 0 heterocycles. The van der Waals surface area contributed by atoms with Crippen LogP contribution in [0.1, 0.15) is 120 Å². The minimum atomic E-state index is -0.110. The smallest absolute Gasteiger partial charge is 0.302 e. The molecule has 2 nitrogen and oxygen atoms in total. The molecule has 0 amide bonds. The van der Waals surface area contributed by atoms with Crippen LogP contribution in [0.2, 0.25) is 0 Å². The zero-order valence-corrected chi connectivity index (χ0v) is 23.7. The van der Waals surface area contributed by atoms with E-state index in [2.05, 4.69) is 61.5 Å². The molecule has 0 unspecified atom stereocenters. The van der Waals surface area contributed by atoms with Crippen LogP contribution in [0.5, 0.6) is 0 Å². The Morgan fingerprint density at radius 3 is 2.26 bits per heavy atom. The number of carbonyl (C=O) groups excluding carboxylic acids is 1. The first-order chi connectivity index (χ1) is 15.7. The third-order valence-corrected chi connectivity index (χ3v) is 13.6. The highest BCUT2D eigenvalue weighted by molar-refractivity contribution is 5.66. The summed E-state index contributed by atoms with van der Waals surface area (Å²) in [5.41, 5.74) is 3.44. The number of esters is 1. The van der Waals surface area contributed by atoms with Crippen LogP contribution in [0.4, 0.5) is 0 Å². The van der Waals surface area contributed by atoms with Crippen LogP contribution < -0.4 is 0 Å². The van der Waals surface area contributed by atoms with E-state index in [9.17, 15) is 4.79 Å². The highest BCUT2D eigenvalue weighted by atomic mass is 16.5. The molecule has 0 aliphatic heterocycles. The third-order valence-electron chi connectivity index (χ3n) is 13.6. The third kappa shape index (κ3) is 3.08. The molecule has 5 rings (SSSR count). The monoisotopic (exact) mass is 468 g/mol. The summed E-state index contributed by atoms with van der Waals surface area (Å²) in [6, 6.07) is 0. The Bertz CT molecular complexity index is 885. The van der Waals surface area contributed by atoms with Crippen molar-refractivity contribution < 1.29 is 9.53 Å². The molecule has 0 aromatic carbocycles. The summed E-state index contributed by atoms with van der Waals surface area (Å²) < 4.78 is 5.91. The van der Waals surface area contributed by atoms with E-state index in [0.717, 1.165) is 30.1 Å². The van der Waals surface area contributed by atoms with Crippen LogP contribution in [0.15, 0.2) is 11.6 Å². The van der Waals surface area contributed by atoms with Crippen molar-refractivity contribution in [2.45, 2.75) is 126 Å². The molecule has 0 aromatic heterocycles. The first-order valence-corrected chi connectivity index (χ1v) is 14.6. The Kier molecular flexibility index (Phi) is 5.57. The summed E-state index contributed by atoms with van der Waals surface area (Å²) in [6.07, 6.45) is 14.6. The van der Waals surface area contributed by atoms with E-state index in [-0.39, 0.29) is 17.5 Å². The van der Waals surface area contributed by atoms with Gasteiger partial charge in [0.1, 0.15) is 6.10 Å². The molecule has 0 N–H and O–H groups in total. The standard InChI is InChI=1S/C32H52O2/c1-20-12-15-29(6)18-19-31(8)23(27(29)21(20)2)10-11-25-30(7)16-14-26(34-22(3)33)28(4,5)24(30)13-17-32(25,31)9/h10,20-21,24-27H,11-19H2,1-9H3/t20-,21-,24-,25-,26-,27-,29-,30+,31-,32-/m1/s1. The molecule has 0 spiro atoms. The Morgan fingerprint density at radius 2 is 1.59 bits per heavy atom. The van der Waals surface area contributed by atoms with Gasteiger partial charge in [0, 0.05) is 12.3 Å². The maximum absolute atomic E-state index is 11.9. The van der Waals surface area contributed by atoms with Crippen molar-refractivity contribution in [3.8, 4) is 0 Å². The summed E-state index contributed by atoms with van der Waals surface area (Å²) >= 11 is 0. The zero-order valence-electron chi connectivity index (χ0n) is 23.7. The minimum absolute atomic E-state index is 0.0450. The number of fused-ring (bicyclic) bond motifs is 7. The molecule has 0 bridgehead atoms. The quantitative estimate of drug-likeness (QED) is 0.284. The van der Waals surface area contributed by atoms with Gasteiger partial charge in [0.15, 0.2) is 0 Å². The predicted molar refractivity (Wildman–Crippen MR) is 140 cm³/mol. The molecule has 5 aliphatic carbocycles. The first-order valence-electron chi connectivity index (χ1n) is 14.6. The van der Waals surface area contributed by atoms with Crippen LogP contribution in [0.25, 0.3) is 0 Å². The molecule has 34 heavy (non-hydrogen) atoms. The van der Waals surface area contributed by atoms with Gasteiger partial charge >= 0.3 is 5.97 Å². The lowest BCUT2D eigenvalue weighted by Crippen LogP contribution is -2.65. The van der Waals surface area contributed by atoms with Crippen LogP contribution in [-0.2, 0) is 9.53 Å². The highest BCUT2D eigenvalue weighted by Gasteiger charge is 2.68. The molecule has 0 aromatic rings. The Balaban J connectivity index is 1.54. The van der Waals surface area contributed by atoms with E-state index in [0.29, 0.717) is 27.6 Å². The van der Waals surface area contributed by atoms with Crippen LogP contribution >= 0.6 is 0 Å². The van der Waals surface area contributed by atoms with Gasteiger partial charge in [-0.15, -0.1) is 0 Å². The van der Waals surface area contributed by atoms with Gasteiger partial charge in [0.2, 0.25) is 0 Å². The van der Waals surface area contributed by atoms with E-state index >= 15 is 0 Å². The number of carbonyl (C=O) groups is 1. The summed E-state index contributed by atoms with van der Waals surface area (Å²) in [5.74, 6) is 3.66. The van der Waals surface area contributed by atoms with E-state index in [1.54, 1.807) is 6.92 Å². The number of ether oxygens (including phenoxy) is 1. The van der Waals surface area contributed by atoms with Crippen molar-refractivity contribution in [2.75, 3.05) is 0 Å². The van der Waals surface area contributed by atoms with Crippen molar-refractivity contribution in [1.82, 2.24) is 0 Å². The van der Waals surface area contributed by atoms with Crippen molar-refractivity contribution in [1.29, 1.82) is 0 Å². The second-order valence-electron chi connectivity index (χ2n) is 15.3. The fourth-order valence-electron chi connectivity index (χ4n) is 11.2. The molecular formula is C32H52O2. The Morgan fingerprint density at radius 1 is 0.882 bits per heavy atom. The van der Waals surface area contributed by atoms with E-state index in [1.807, 2.05) is 5.57 Å². The van der Waals surface area contributed by atoms with E-state index in [1.165, 1.54) is 51.4 Å². The van der Waals surface area contributed by atoms with Crippen LogP contribution in [0.3, 0.4) is 0 Å². The molecule has 192 valence electrons. The van der Waals surface area contributed by atoms with Gasteiger partial charge < -0.3 is 4.74 Å². The fourth-order valence-corrected chi connectivity index (χ4v) is 11.2. The topological polar surface area (TPSA) is 26.3 Å². The summed E-state index contributed by atoms with van der Waals surface area (Å²) in [6.45, 7) is 22.1. The highest BCUT2D eigenvalue weighted by Crippen LogP contribution is 2.75. The Labute approximate surface area is 210 Å². The van der Waals surface area contributed by atoms with Crippen molar-refractivity contribution in [2.24, 2.45) is 56.7 Å². The maximum atomic E-state index is 11.9. The minimum Gasteiger partial charge on any atom is -0.462 e. The molecule has 5 aliphatic rings. The molecule has 4 saturated carbocycles. The molecule has 10 atom stereocenters. The average molecular weight is 469 g/mol. The van der Waals surface area contributed by atoms with Gasteiger partial charge in [0.25, 0.3) is 0 Å². The van der Waals surface area contributed by atoms with Gasteiger partial charge in [-0.05, 0) is 109 Å². The first kappa shape index (κ1) is 24.9. The Hall–Kier alpha value is -0.790. The second-order valence-corrected chi connectivity index (χ2v) is 15.3. The van der Waals surface area contributed by atoms with Gasteiger partial charge in [0.05, 0.1) is 0 Å². The molecule has 0 radical (unpaired) electrons. The molecular weight excluding hydrogens is 416 g/mol. The van der Waals surface area contributed by atoms with Crippen LogP contribution in [0, 0.1) is 56.7 Å². The maximum Gasteiger partial charge on any atom is 0.302 e. The van der Waals surface area contributed by atoms with Crippen LogP contribution in [-0.4, -0.2) is 12.1 Å². The van der Waals surface area contributed by atoms with Crippen molar-refractivity contribution in [3.05, 3.63) is 11.6 Å². The predicted octanol–water partition coefficient (Wildman–Crippen LogP) is 8.60. The summed E-state index contributed by atoms with van der Waals surface area (Å²) in [5, 5.41) is 0. The van der Waals surface area contributed by atoms with Gasteiger partial charge in [-0.1, -0.05) is 67.0 Å². The van der Waals surface area contributed by atoms with Crippen molar-refractivity contribution >= 4 is 5.97 Å². The van der Waals surface area contributed by atoms with Gasteiger partial charge in [-0.2, -0.15) is 0 Å². The number of allylic oxidation sites excluding steroid dienone is 2. The lowest BCUT2D eigenvalue weighted by atomic mass is 9.33. The average Bonchev–Trinajstić information content (AvgIpc) is 2.74. The van der Waals surface area contributed by atoms with E-state index < -0.39 is 0 Å². The zero-order chi connectivity index (χ0) is 24.9. The number of rotatable bonds is 1. The summed E-state index contributed by atoms with van der Waals surface area (Å²) in [7, 11) is 0. The fraction of sp³-hybridized carbons (Fsp3) is 0.906. The summed E-state index contributed by atoms with van der Waals surface area (Å²) in [4.78, 5) is 11.9. The molecule has 2 heteroatoms. The van der Waals surface area contributed by atoms with E-state index in [4.69, 9.17) is 4.74 Å². The van der Waals surface area contributed by atoms with Crippen molar-refractivity contribution in [3.63, 3.8) is 0 Å². The number of hydrogen-bond donors (Lipinski definition) is 0. The largest absolute Gasteiger partial charge is 0.462 e. The van der Waals surface area contributed by atoms with Gasteiger partial charge in [-0.3, -0.25) is 4.79 Å². The number of hydrogen-bond acceptors (Lipinski definition) is 2. The lowest BCUT2D eigenvalue weighted by molar-refractivity contribution is -0.212. The lowest BCUT2D eigenvalue weighted by Gasteiger charge is -2.71. The normalized spacial score (nSPS) is 54.0. The molecule has 4 fully saturated rings. The second kappa shape index (κ2) is 7.61. The van der Waals surface area contributed by atoms with Gasteiger partial charge in [-0.25, -0.2) is 0 Å². The SMILES string of the molecule is CC(=O)O[C@@H]1CC[C@@]2(C)[C@H](CC[C@]3(C)[C@@H]2CC=C2[C@H]4[C@H](C)[C@H](C)CC[C@]4(C)CC[C@]23C)C1(C)C. The molecule has 0 saturated heterocycles.